The molecule has 1 aliphatic rings. The van der Waals surface area contributed by atoms with Gasteiger partial charge in [0.1, 0.15) is 0 Å². The van der Waals surface area contributed by atoms with Gasteiger partial charge in [-0.25, -0.2) is 0 Å². The fraction of sp³-hybridized carbons (Fsp3) is 0.625. The summed E-state index contributed by atoms with van der Waals surface area (Å²) >= 11 is 3.35. The molecule has 1 aliphatic carbocycles. The van der Waals surface area contributed by atoms with Gasteiger partial charge in [-0.15, -0.1) is 0 Å². The molecule has 1 unspecified atom stereocenters. The molecule has 0 radical (unpaired) electrons. The molecule has 116 valence electrons. The third-order valence-corrected chi connectivity index (χ3v) is 4.84. The minimum absolute atomic E-state index is 0.145. The van der Waals surface area contributed by atoms with Crippen LogP contribution < -0.4 is 5.32 Å². The highest BCUT2D eigenvalue weighted by molar-refractivity contribution is 9.10. The lowest BCUT2D eigenvalue weighted by atomic mass is 9.83. The molecule has 0 aliphatic heterocycles. The van der Waals surface area contributed by atoms with Crippen molar-refractivity contribution in [2.45, 2.75) is 58.0 Å². The highest BCUT2D eigenvalue weighted by atomic mass is 79.9. The molecule has 1 saturated carbocycles. The quantitative estimate of drug-likeness (QED) is 0.589. The van der Waals surface area contributed by atoms with Gasteiger partial charge in [0.15, 0.2) is 0 Å². The fourth-order valence-corrected chi connectivity index (χ4v) is 3.80. The minimum Gasteiger partial charge on any atom is -0.310 e. The first-order valence-electron chi connectivity index (χ1n) is 7.77. The van der Waals surface area contributed by atoms with E-state index in [0.29, 0.717) is 12.6 Å². The third-order valence-electron chi connectivity index (χ3n) is 4.38. The summed E-state index contributed by atoms with van der Waals surface area (Å²) in [6, 6.07) is 5.67. The van der Waals surface area contributed by atoms with E-state index < -0.39 is 0 Å². The number of nitro groups is 1. The number of nitro benzene ring substituents is 1. The Morgan fingerprint density at radius 2 is 2.05 bits per heavy atom. The summed E-state index contributed by atoms with van der Waals surface area (Å²) in [4.78, 5) is 10.6. The lowest BCUT2D eigenvalue weighted by Gasteiger charge is -2.30. The SMILES string of the molecule is CCC(NCc1cc(Br)cc([N+](=O)[O-])c1)C1CCCCC1. The maximum absolute atomic E-state index is 10.9. The van der Waals surface area contributed by atoms with E-state index >= 15 is 0 Å². The van der Waals surface area contributed by atoms with Crippen LogP contribution in [0.1, 0.15) is 51.0 Å². The molecular weight excluding hydrogens is 332 g/mol. The second-order valence-electron chi connectivity index (χ2n) is 5.87. The van der Waals surface area contributed by atoms with Gasteiger partial charge < -0.3 is 5.32 Å². The van der Waals surface area contributed by atoms with E-state index in [4.69, 9.17) is 0 Å². The van der Waals surface area contributed by atoms with Crippen molar-refractivity contribution in [3.05, 3.63) is 38.3 Å². The number of hydrogen-bond acceptors (Lipinski definition) is 3. The zero-order chi connectivity index (χ0) is 15.2. The van der Waals surface area contributed by atoms with Crippen LogP contribution in [0, 0.1) is 16.0 Å². The van der Waals surface area contributed by atoms with Gasteiger partial charge in [-0.05, 0) is 36.8 Å². The molecular formula is C16H23BrN2O2. The summed E-state index contributed by atoms with van der Waals surface area (Å²) < 4.78 is 0.763. The molecule has 21 heavy (non-hydrogen) atoms. The molecule has 0 saturated heterocycles. The molecule has 0 bridgehead atoms. The summed E-state index contributed by atoms with van der Waals surface area (Å²) in [6.45, 7) is 2.91. The molecule has 0 heterocycles. The van der Waals surface area contributed by atoms with Crippen molar-refractivity contribution in [3.8, 4) is 0 Å². The van der Waals surface area contributed by atoms with Gasteiger partial charge in [0.2, 0.25) is 0 Å². The fourth-order valence-electron chi connectivity index (χ4n) is 3.27. The Kier molecular flexibility index (Phi) is 6.18. The summed E-state index contributed by atoms with van der Waals surface area (Å²) in [5, 5.41) is 14.5. The molecule has 5 heteroatoms. The van der Waals surface area contributed by atoms with Crippen molar-refractivity contribution in [2.24, 2.45) is 5.92 Å². The van der Waals surface area contributed by atoms with E-state index in [1.165, 1.54) is 32.1 Å². The molecule has 1 atom stereocenters. The van der Waals surface area contributed by atoms with Crippen LogP contribution >= 0.6 is 15.9 Å². The summed E-state index contributed by atoms with van der Waals surface area (Å²) in [5.74, 6) is 0.755. The molecule has 1 aromatic carbocycles. The zero-order valence-electron chi connectivity index (χ0n) is 12.5. The van der Waals surface area contributed by atoms with Crippen LogP contribution in [-0.2, 0) is 6.54 Å². The van der Waals surface area contributed by atoms with Gasteiger partial charge >= 0.3 is 0 Å². The topological polar surface area (TPSA) is 55.2 Å². The molecule has 1 fully saturated rings. The summed E-state index contributed by atoms with van der Waals surface area (Å²) in [7, 11) is 0. The number of rotatable bonds is 6. The van der Waals surface area contributed by atoms with E-state index in [0.717, 1.165) is 22.4 Å². The second-order valence-corrected chi connectivity index (χ2v) is 6.78. The first-order chi connectivity index (χ1) is 10.1. The first kappa shape index (κ1) is 16.4. The Labute approximate surface area is 134 Å². The van der Waals surface area contributed by atoms with Gasteiger partial charge in [0.05, 0.1) is 4.92 Å². The predicted molar refractivity (Wildman–Crippen MR) is 88.3 cm³/mol. The minimum atomic E-state index is -0.341. The molecule has 0 aromatic heterocycles. The average Bonchev–Trinajstić information content (AvgIpc) is 2.48. The van der Waals surface area contributed by atoms with Crippen LogP contribution in [0.2, 0.25) is 0 Å². The van der Waals surface area contributed by atoms with Gasteiger partial charge in [-0.3, -0.25) is 10.1 Å². The number of halogens is 1. The van der Waals surface area contributed by atoms with E-state index in [9.17, 15) is 10.1 Å². The smallest absolute Gasteiger partial charge is 0.270 e. The number of nitrogens with one attached hydrogen (secondary N) is 1. The molecule has 1 aromatic rings. The number of hydrogen-bond donors (Lipinski definition) is 1. The van der Waals surface area contributed by atoms with Crippen molar-refractivity contribution in [3.63, 3.8) is 0 Å². The maximum Gasteiger partial charge on any atom is 0.270 e. The Hall–Kier alpha value is -0.940. The van der Waals surface area contributed by atoms with Crippen molar-refractivity contribution in [1.82, 2.24) is 5.32 Å². The van der Waals surface area contributed by atoms with Crippen molar-refractivity contribution < 1.29 is 4.92 Å². The molecule has 2 rings (SSSR count). The third kappa shape index (κ3) is 4.78. The summed E-state index contributed by atoms with van der Waals surface area (Å²) in [5.41, 5.74) is 1.11. The Morgan fingerprint density at radius 1 is 1.33 bits per heavy atom. The van der Waals surface area contributed by atoms with Crippen LogP contribution in [-0.4, -0.2) is 11.0 Å². The average molecular weight is 355 g/mol. The van der Waals surface area contributed by atoms with Crippen molar-refractivity contribution in [2.75, 3.05) is 0 Å². The monoisotopic (exact) mass is 354 g/mol. The van der Waals surface area contributed by atoms with Crippen molar-refractivity contribution >= 4 is 21.6 Å². The Balaban J connectivity index is 1.98. The first-order valence-corrected chi connectivity index (χ1v) is 8.56. The Morgan fingerprint density at radius 3 is 2.67 bits per heavy atom. The highest BCUT2D eigenvalue weighted by Gasteiger charge is 2.22. The van der Waals surface area contributed by atoms with E-state index in [2.05, 4.69) is 28.2 Å². The van der Waals surface area contributed by atoms with Crippen LogP contribution in [0.25, 0.3) is 0 Å². The second kappa shape index (κ2) is 7.90. The number of nitrogens with zero attached hydrogens (tertiary/aromatic N) is 1. The normalized spacial score (nSPS) is 17.6. The van der Waals surface area contributed by atoms with Crippen molar-refractivity contribution in [1.29, 1.82) is 0 Å². The molecule has 4 nitrogen and oxygen atoms in total. The van der Waals surface area contributed by atoms with Crippen LogP contribution in [0.3, 0.4) is 0 Å². The van der Waals surface area contributed by atoms with E-state index in [1.807, 2.05) is 6.07 Å². The summed E-state index contributed by atoms with van der Waals surface area (Å²) in [6.07, 6.45) is 7.77. The van der Waals surface area contributed by atoms with Gasteiger partial charge in [0, 0.05) is 29.2 Å². The van der Waals surface area contributed by atoms with E-state index in [-0.39, 0.29) is 10.6 Å². The van der Waals surface area contributed by atoms with Gasteiger partial charge in [0.25, 0.3) is 5.69 Å². The van der Waals surface area contributed by atoms with Crippen LogP contribution in [0.5, 0.6) is 0 Å². The molecule has 0 amide bonds. The maximum atomic E-state index is 10.9. The molecule has 0 spiro atoms. The Bertz CT molecular complexity index is 487. The van der Waals surface area contributed by atoms with Crippen LogP contribution in [0.15, 0.2) is 22.7 Å². The lowest BCUT2D eigenvalue weighted by molar-refractivity contribution is -0.385. The molecule has 1 N–H and O–H groups in total. The van der Waals surface area contributed by atoms with Gasteiger partial charge in [-0.1, -0.05) is 42.1 Å². The zero-order valence-corrected chi connectivity index (χ0v) is 14.1. The highest BCUT2D eigenvalue weighted by Crippen LogP contribution is 2.28. The lowest BCUT2D eigenvalue weighted by Crippen LogP contribution is -2.36. The van der Waals surface area contributed by atoms with E-state index in [1.54, 1.807) is 12.1 Å². The largest absolute Gasteiger partial charge is 0.310 e. The van der Waals surface area contributed by atoms with Gasteiger partial charge in [-0.2, -0.15) is 0 Å². The predicted octanol–water partition coefficient (Wildman–Crippen LogP) is 4.81. The number of benzene rings is 1. The number of non-ortho nitro benzene ring substituents is 1. The standard InChI is InChI=1S/C16H23BrN2O2/c1-2-16(13-6-4-3-5-7-13)18-11-12-8-14(17)10-15(9-12)19(20)21/h8-10,13,16,18H,2-7,11H2,1H3. The van der Waals surface area contributed by atoms with Crippen LogP contribution in [0.4, 0.5) is 5.69 Å².